The molecule has 0 aliphatic heterocycles. The molecular formula is C17H26N4O2. The number of ether oxygens (including phenoxy) is 2. The summed E-state index contributed by atoms with van der Waals surface area (Å²) in [5.74, 6) is 1.37. The zero-order valence-electron chi connectivity index (χ0n) is 13.9. The number of aromatic amines is 1. The van der Waals surface area contributed by atoms with Crippen LogP contribution in [0.1, 0.15) is 18.9 Å². The van der Waals surface area contributed by atoms with E-state index in [0.717, 1.165) is 49.3 Å². The average Bonchev–Trinajstić information content (AvgIpc) is 2.98. The van der Waals surface area contributed by atoms with Crippen LogP contribution in [0.4, 0.5) is 0 Å². The molecule has 2 aromatic rings. The summed E-state index contributed by atoms with van der Waals surface area (Å²) in [5.41, 5.74) is 8.15. The molecule has 23 heavy (non-hydrogen) atoms. The van der Waals surface area contributed by atoms with E-state index in [2.05, 4.69) is 15.3 Å². The molecule has 0 bridgehead atoms. The standard InChI is InChI=1S/C17H26N4O2/c1-3-23-11-5-9-19-17(18)20-10-8-13-12-21-14-6-4-7-15(22-2)16(13)14/h4,6-7,12,21H,3,5,8-11H2,1-2H3,(H3,18,19,20). The largest absolute Gasteiger partial charge is 0.496 e. The Kier molecular flexibility index (Phi) is 6.75. The van der Waals surface area contributed by atoms with Crippen molar-refractivity contribution in [3.63, 3.8) is 0 Å². The van der Waals surface area contributed by atoms with Gasteiger partial charge in [-0.3, -0.25) is 4.99 Å². The van der Waals surface area contributed by atoms with Crippen LogP contribution in [0.5, 0.6) is 5.75 Å². The number of hydrogen-bond donors (Lipinski definition) is 3. The fraction of sp³-hybridized carbons (Fsp3) is 0.471. The van der Waals surface area contributed by atoms with Gasteiger partial charge in [0.1, 0.15) is 5.75 Å². The number of rotatable bonds is 9. The van der Waals surface area contributed by atoms with Crippen LogP contribution in [0, 0.1) is 0 Å². The van der Waals surface area contributed by atoms with E-state index < -0.39 is 0 Å². The minimum atomic E-state index is 0.480. The predicted molar refractivity (Wildman–Crippen MR) is 94.2 cm³/mol. The smallest absolute Gasteiger partial charge is 0.188 e. The van der Waals surface area contributed by atoms with E-state index >= 15 is 0 Å². The Morgan fingerprint density at radius 1 is 1.39 bits per heavy atom. The first-order valence-electron chi connectivity index (χ1n) is 8.00. The third-order valence-corrected chi connectivity index (χ3v) is 3.60. The summed E-state index contributed by atoms with van der Waals surface area (Å²) in [5, 5.41) is 4.27. The highest BCUT2D eigenvalue weighted by atomic mass is 16.5. The molecule has 0 aliphatic carbocycles. The second kappa shape index (κ2) is 9.05. The third-order valence-electron chi connectivity index (χ3n) is 3.60. The summed E-state index contributed by atoms with van der Waals surface area (Å²) in [6, 6.07) is 6.00. The Labute approximate surface area is 137 Å². The van der Waals surface area contributed by atoms with Crippen LogP contribution in [-0.4, -0.2) is 44.4 Å². The van der Waals surface area contributed by atoms with Gasteiger partial charge in [0.2, 0.25) is 0 Å². The van der Waals surface area contributed by atoms with Crippen LogP contribution in [-0.2, 0) is 11.2 Å². The Hall–Kier alpha value is -2.21. The SMILES string of the molecule is CCOCCCN=C(N)NCCc1c[nH]c2cccc(OC)c12. The number of methoxy groups -OCH3 is 1. The molecule has 1 aromatic heterocycles. The number of aliphatic imine (C=N–C) groups is 1. The van der Waals surface area contributed by atoms with Crippen LogP contribution in [0.2, 0.25) is 0 Å². The molecule has 0 saturated carbocycles. The molecule has 1 heterocycles. The molecule has 4 N–H and O–H groups in total. The van der Waals surface area contributed by atoms with Gasteiger partial charge < -0.3 is 25.5 Å². The van der Waals surface area contributed by atoms with E-state index in [4.69, 9.17) is 15.2 Å². The summed E-state index contributed by atoms with van der Waals surface area (Å²) in [6.45, 7) is 4.86. The maximum absolute atomic E-state index is 5.86. The lowest BCUT2D eigenvalue weighted by Crippen LogP contribution is -2.33. The minimum Gasteiger partial charge on any atom is -0.496 e. The number of guanidine groups is 1. The molecule has 0 amide bonds. The zero-order valence-corrected chi connectivity index (χ0v) is 13.9. The van der Waals surface area contributed by atoms with E-state index in [9.17, 15) is 0 Å². The van der Waals surface area contributed by atoms with E-state index in [0.29, 0.717) is 12.5 Å². The molecule has 0 aliphatic rings. The van der Waals surface area contributed by atoms with Gasteiger partial charge in [0, 0.05) is 43.4 Å². The number of hydrogen-bond acceptors (Lipinski definition) is 3. The number of nitrogens with zero attached hydrogens (tertiary/aromatic N) is 1. The molecule has 6 heteroatoms. The van der Waals surface area contributed by atoms with Gasteiger partial charge in [-0.25, -0.2) is 0 Å². The summed E-state index contributed by atoms with van der Waals surface area (Å²) >= 11 is 0. The van der Waals surface area contributed by atoms with E-state index in [1.54, 1.807) is 7.11 Å². The van der Waals surface area contributed by atoms with Crippen molar-refractivity contribution in [1.82, 2.24) is 10.3 Å². The van der Waals surface area contributed by atoms with Gasteiger partial charge in [-0.15, -0.1) is 0 Å². The highest BCUT2D eigenvalue weighted by Crippen LogP contribution is 2.28. The number of H-pyrrole nitrogens is 1. The second-order valence-electron chi connectivity index (χ2n) is 5.19. The lowest BCUT2D eigenvalue weighted by atomic mass is 10.1. The number of nitrogens with one attached hydrogen (secondary N) is 2. The zero-order chi connectivity index (χ0) is 16.5. The maximum atomic E-state index is 5.86. The molecule has 6 nitrogen and oxygen atoms in total. The fourth-order valence-corrected chi connectivity index (χ4v) is 2.48. The van der Waals surface area contributed by atoms with Gasteiger partial charge in [0.25, 0.3) is 0 Å². The first kappa shape index (κ1) is 17.1. The summed E-state index contributed by atoms with van der Waals surface area (Å²) < 4.78 is 10.7. The molecular weight excluding hydrogens is 292 g/mol. The summed E-state index contributed by atoms with van der Waals surface area (Å²) in [6.07, 6.45) is 3.75. The van der Waals surface area contributed by atoms with E-state index in [1.807, 2.05) is 31.3 Å². The van der Waals surface area contributed by atoms with E-state index in [-0.39, 0.29) is 0 Å². The van der Waals surface area contributed by atoms with Crippen molar-refractivity contribution in [2.24, 2.45) is 10.7 Å². The van der Waals surface area contributed by atoms with Crippen LogP contribution < -0.4 is 15.8 Å². The van der Waals surface area contributed by atoms with Crippen molar-refractivity contribution < 1.29 is 9.47 Å². The van der Waals surface area contributed by atoms with Crippen molar-refractivity contribution >= 4 is 16.9 Å². The molecule has 0 radical (unpaired) electrons. The number of benzene rings is 1. The molecule has 0 spiro atoms. The minimum absolute atomic E-state index is 0.480. The van der Waals surface area contributed by atoms with Crippen molar-refractivity contribution in [3.05, 3.63) is 30.0 Å². The second-order valence-corrected chi connectivity index (χ2v) is 5.19. The lowest BCUT2D eigenvalue weighted by molar-refractivity contribution is 0.146. The highest BCUT2D eigenvalue weighted by molar-refractivity contribution is 5.89. The van der Waals surface area contributed by atoms with Gasteiger partial charge in [-0.05, 0) is 37.5 Å². The first-order valence-corrected chi connectivity index (χ1v) is 8.00. The Morgan fingerprint density at radius 2 is 2.26 bits per heavy atom. The summed E-state index contributed by atoms with van der Waals surface area (Å²) in [7, 11) is 1.69. The summed E-state index contributed by atoms with van der Waals surface area (Å²) in [4.78, 5) is 7.55. The van der Waals surface area contributed by atoms with Crippen LogP contribution >= 0.6 is 0 Å². The molecule has 0 atom stereocenters. The molecule has 0 saturated heterocycles. The van der Waals surface area contributed by atoms with Crippen molar-refractivity contribution in [2.45, 2.75) is 19.8 Å². The topological polar surface area (TPSA) is 84.7 Å². The van der Waals surface area contributed by atoms with Crippen LogP contribution in [0.3, 0.4) is 0 Å². The molecule has 2 rings (SSSR count). The van der Waals surface area contributed by atoms with E-state index in [1.165, 1.54) is 5.56 Å². The Balaban J connectivity index is 1.83. The maximum Gasteiger partial charge on any atom is 0.188 e. The van der Waals surface area contributed by atoms with Gasteiger partial charge in [0.05, 0.1) is 7.11 Å². The highest BCUT2D eigenvalue weighted by Gasteiger charge is 2.08. The number of aromatic nitrogens is 1. The molecule has 1 aromatic carbocycles. The third kappa shape index (κ3) is 4.89. The van der Waals surface area contributed by atoms with Gasteiger partial charge in [-0.2, -0.15) is 0 Å². The molecule has 126 valence electrons. The Morgan fingerprint density at radius 3 is 3.04 bits per heavy atom. The van der Waals surface area contributed by atoms with Crippen molar-refractivity contribution in [2.75, 3.05) is 33.4 Å². The first-order chi connectivity index (χ1) is 11.3. The predicted octanol–water partition coefficient (Wildman–Crippen LogP) is 2.05. The fourth-order valence-electron chi connectivity index (χ4n) is 2.48. The molecule has 0 fully saturated rings. The normalized spacial score (nSPS) is 11.8. The monoisotopic (exact) mass is 318 g/mol. The van der Waals surface area contributed by atoms with Crippen molar-refractivity contribution in [3.8, 4) is 5.75 Å². The molecule has 0 unspecified atom stereocenters. The van der Waals surface area contributed by atoms with Gasteiger partial charge in [0.15, 0.2) is 5.96 Å². The van der Waals surface area contributed by atoms with Gasteiger partial charge in [-0.1, -0.05) is 6.07 Å². The quantitative estimate of drug-likeness (QED) is 0.375. The average molecular weight is 318 g/mol. The van der Waals surface area contributed by atoms with Crippen molar-refractivity contribution in [1.29, 1.82) is 0 Å². The van der Waals surface area contributed by atoms with Crippen LogP contribution in [0.15, 0.2) is 29.4 Å². The number of nitrogens with two attached hydrogens (primary N) is 1. The number of fused-ring (bicyclic) bond motifs is 1. The van der Waals surface area contributed by atoms with Gasteiger partial charge >= 0.3 is 0 Å². The Bertz CT molecular complexity index is 637. The lowest BCUT2D eigenvalue weighted by Gasteiger charge is -2.07. The van der Waals surface area contributed by atoms with Crippen LogP contribution in [0.25, 0.3) is 10.9 Å².